The van der Waals surface area contributed by atoms with E-state index in [0.717, 1.165) is 11.8 Å². The molecule has 0 spiro atoms. The number of hydrogen-bond acceptors (Lipinski definition) is 6. The minimum atomic E-state index is -0.314. The molecule has 0 aliphatic heterocycles. The maximum Gasteiger partial charge on any atom is 0.287 e. The van der Waals surface area contributed by atoms with Gasteiger partial charge in [0.2, 0.25) is 5.91 Å². The van der Waals surface area contributed by atoms with Crippen LogP contribution in [0.2, 0.25) is 5.02 Å². The predicted molar refractivity (Wildman–Crippen MR) is 114 cm³/mol. The van der Waals surface area contributed by atoms with Crippen molar-refractivity contribution in [3.63, 3.8) is 0 Å². The Labute approximate surface area is 176 Å². The third-order valence-corrected chi connectivity index (χ3v) is 5.17. The van der Waals surface area contributed by atoms with Crippen molar-refractivity contribution >= 4 is 35.0 Å². The lowest BCUT2D eigenvalue weighted by Crippen LogP contribution is -2.22. The van der Waals surface area contributed by atoms with Gasteiger partial charge in [-0.25, -0.2) is 4.98 Å². The second kappa shape index (κ2) is 9.49. The highest BCUT2D eigenvalue weighted by molar-refractivity contribution is 7.99. The number of methoxy groups -OCH3 is 2. The van der Waals surface area contributed by atoms with Crippen LogP contribution in [0, 0.1) is 0 Å². The highest BCUT2D eigenvalue weighted by Crippen LogP contribution is 2.27. The molecular weight excluding hydrogens is 414 g/mol. The average Bonchev–Trinajstić information content (AvgIpc) is 2.73. The Bertz CT molecular complexity index is 1090. The van der Waals surface area contributed by atoms with Crippen molar-refractivity contribution in [3.05, 3.63) is 70.2 Å². The lowest BCUT2D eigenvalue weighted by molar-refractivity contribution is -0.113. The largest absolute Gasteiger partial charge is 0.497 e. The van der Waals surface area contributed by atoms with Gasteiger partial charge >= 0.3 is 0 Å². The van der Waals surface area contributed by atoms with Crippen molar-refractivity contribution < 1.29 is 14.3 Å². The molecule has 0 saturated heterocycles. The van der Waals surface area contributed by atoms with E-state index < -0.39 is 0 Å². The van der Waals surface area contributed by atoms with Gasteiger partial charge in [0.05, 0.1) is 30.7 Å². The van der Waals surface area contributed by atoms with E-state index in [-0.39, 0.29) is 22.2 Å². The maximum absolute atomic E-state index is 12.7. The number of nitrogens with zero attached hydrogens (tertiary/aromatic N) is 2. The molecule has 150 valence electrons. The molecule has 0 fully saturated rings. The van der Waals surface area contributed by atoms with Crippen molar-refractivity contribution in [1.82, 2.24) is 9.55 Å². The van der Waals surface area contributed by atoms with E-state index in [9.17, 15) is 9.59 Å². The van der Waals surface area contributed by atoms with Crippen LogP contribution in [0.25, 0.3) is 5.69 Å². The van der Waals surface area contributed by atoms with Crippen LogP contribution < -0.4 is 20.3 Å². The first-order chi connectivity index (χ1) is 14.0. The molecule has 7 nitrogen and oxygen atoms in total. The van der Waals surface area contributed by atoms with Crippen LogP contribution >= 0.6 is 23.4 Å². The molecule has 0 aliphatic rings. The highest BCUT2D eigenvalue weighted by atomic mass is 35.5. The van der Waals surface area contributed by atoms with Gasteiger partial charge in [-0.3, -0.25) is 14.2 Å². The number of carbonyl (C=O) groups is 1. The Morgan fingerprint density at radius 1 is 1.21 bits per heavy atom. The number of thioether (sulfide) groups is 1. The molecule has 0 radical (unpaired) electrons. The van der Waals surface area contributed by atoms with Crippen LogP contribution in [0.1, 0.15) is 0 Å². The van der Waals surface area contributed by atoms with E-state index in [4.69, 9.17) is 21.1 Å². The normalized spacial score (nSPS) is 10.4. The van der Waals surface area contributed by atoms with Crippen LogP contribution in [0.5, 0.6) is 11.5 Å². The van der Waals surface area contributed by atoms with Gasteiger partial charge in [0.15, 0.2) is 5.03 Å². The van der Waals surface area contributed by atoms with E-state index in [1.165, 1.54) is 17.9 Å². The molecule has 1 heterocycles. The van der Waals surface area contributed by atoms with Crippen LogP contribution in [-0.2, 0) is 4.79 Å². The number of anilines is 1. The summed E-state index contributed by atoms with van der Waals surface area (Å²) in [5.41, 5.74) is 0.873. The van der Waals surface area contributed by atoms with Crippen LogP contribution in [0.3, 0.4) is 0 Å². The maximum atomic E-state index is 12.7. The molecule has 0 aliphatic carbocycles. The van der Waals surface area contributed by atoms with Gasteiger partial charge in [-0.2, -0.15) is 0 Å². The first kappa shape index (κ1) is 20.8. The number of amides is 1. The molecule has 1 amide bonds. The zero-order chi connectivity index (χ0) is 20.8. The second-order valence-electron chi connectivity index (χ2n) is 5.80. The molecule has 0 atom stereocenters. The standard InChI is InChI=1S/C20H18ClN3O4S/c1-27-15-5-3-4-14(11-15)24-9-8-22-19(20(24)26)29-12-18(25)23-13-6-7-17(28-2)16(21)10-13/h3-11H,12H2,1-2H3,(H,23,25). The third-order valence-electron chi connectivity index (χ3n) is 3.92. The third kappa shape index (κ3) is 5.10. The van der Waals surface area contributed by atoms with Gasteiger partial charge in [-0.15, -0.1) is 0 Å². The van der Waals surface area contributed by atoms with Gasteiger partial charge in [-0.05, 0) is 30.3 Å². The fourth-order valence-electron chi connectivity index (χ4n) is 2.53. The Balaban J connectivity index is 1.70. The van der Waals surface area contributed by atoms with E-state index in [1.54, 1.807) is 55.8 Å². The summed E-state index contributed by atoms with van der Waals surface area (Å²) in [6.45, 7) is 0. The molecule has 3 rings (SSSR count). The number of benzene rings is 2. The quantitative estimate of drug-likeness (QED) is 0.575. The second-order valence-corrected chi connectivity index (χ2v) is 7.17. The molecule has 1 aromatic heterocycles. The number of nitrogens with one attached hydrogen (secondary N) is 1. The van der Waals surface area contributed by atoms with Crippen molar-refractivity contribution in [2.75, 3.05) is 25.3 Å². The lowest BCUT2D eigenvalue weighted by atomic mass is 10.3. The molecule has 29 heavy (non-hydrogen) atoms. The monoisotopic (exact) mass is 431 g/mol. The number of hydrogen-bond donors (Lipinski definition) is 1. The lowest BCUT2D eigenvalue weighted by Gasteiger charge is -2.09. The highest BCUT2D eigenvalue weighted by Gasteiger charge is 2.11. The van der Waals surface area contributed by atoms with Gasteiger partial charge in [-0.1, -0.05) is 29.4 Å². The number of halogens is 1. The topological polar surface area (TPSA) is 82.5 Å². The molecular formula is C20H18ClN3O4S. The van der Waals surface area contributed by atoms with Crippen LogP contribution in [0.4, 0.5) is 5.69 Å². The van der Waals surface area contributed by atoms with E-state index in [1.807, 2.05) is 0 Å². The average molecular weight is 432 g/mol. The smallest absolute Gasteiger partial charge is 0.287 e. The summed E-state index contributed by atoms with van der Waals surface area (Å²) in [5.74, 6) is 0.895. The fourth-order valence-corrected chi connectivity index (χ4v) is 3.49. The molecule has 0 bridgehead atoms. The van der Waals surface area contributed by atoms with E-state index >= 15 is 0 Å². The number of ether oxygens (including phenoxy) is 2. The minimum absolute atomic E-state index is 0.0218. The predicted octanol–water partition coefficient (Wildman–Crippen LogP) is 3.63. The summed E-state index contributed by atoms with van der Waals surface area (Å²) in [7, 11) is 3.08. The first-order valence-electron chi connectivity index (χ1n) is 8.50. The van der Waals surface area contributed by atoms with Crippen molar-refractivity contribution in [2.24, 2.45) is 0 Å². The molecule has 1 N–H and O–H groups in total. The molecule has 0 saturated carbocycles. The Morgan fingerprint density at radius 2 is 2.03 bits per heavy atom. The summed E-state index contributed by atoms with van der Waals surface area (Å²) < 4.78 is 11.7. The minimum Gasteiger partial charge on any atom is -0.497 e. The van der Waals surface area contributed by atoms with Gasteiger partial charge in [0.25, 0.3) is 5.56 Å². The summed E-state index contributed by atoms with van der Waals surface area (Å²) in [5, 5.41) is 3.35. The van der Waals surface area contributed by atoms with Crippen LogP contribution in [-0.4, -0.2) is 35.4 Å². The van der Waals surface area contributed by atoms with Gasteiger partial charge in [0, 0.05) is 24.1 Å². The zero-order valence-electron chi connectivity index (χ0n) is 15.7. The SMILES string of the molecule is COc1cccc(-n2ccnc(SCC(=O)Nc3ccc(OC)c(Cl)c3)c2=O)c1. The summed E-state index contributed by atoms with van der Waals surface area (Å²) in [4.78, 5) is 29.1. The first-order valence-corrected chi connectivity index (χ1v) is 9.86. The van der Waals surface area contributed by atoms with Gasteiger partial charge < -0.3 is 14.8 Å². The molecule has 3 aromatic rings. The number of carbonyl (C=O) groups excluding carboxylic acids is 1. The van der Waals surface area contributed by atoms with Crippen LogP contribution in [0.15, 0.2) is 64.7 Å². The Morgan fingerprint density at radius 3 is 2.76 bits per heavy atom. The molecule has 9 heteroatoms. The van der Waals surface area contributed by atoms with Crippen molar-refractivity contribution in [1.29, 1.82) is 0 Å². The zero-order valence-corrected chi connectivity index (χ0v) is 17.3. The summed E-state index contributed by atoms with van der Waals surface area (Å²) in [6, 6.07) is 12.1. The fraction of sp³-hybridized carbons (Fsp3) is 0.150. The Hall–Kier alpha value is -2.97. The van der Waals surface area contributed by atoms with Crippen molar-refractivity contribution in [2.45, 2.75) is 5.03 Å². The van der Waals surface area contributed by atoms with E-state index in [2.05, 4.69) is 10.3 Å². The molecule has 0 unspecified atom stereocenters. The Kier molecular flexibility index (Phi) is 6.79. The van der Waals surface area contributed by atoms with Gasteiger partial charge in [0.1, 0.15) is 11.5 Å². The molecule has 2 aromatic carbocycles. The number of aromatic nitrogens is 2. The number of rotatable bonds is 7. The summed E-state index contributed by atoms with van der Waals surface area (Å²) in [6.07, 6.45) is 3.09. The summed E-state index contributed by atoms with van der Waals surface area (Å²) >= 11 is 7.12. The van der Waals surface area contributed by atoms with Crippen molar-refractivity contribution in [3.8, 4) is 17.2 Å². The van der Waals surface area contributed by atoms with E-state index in [0.29, 0.717) is 27.9 Å².